The normalized spacial score (nSPS) is 27.9. The van der Waals surface area contributed by atoms with Gasteiger partial charge >= 0.3 is 0 Å². The molecule has 1 saturated heterocycles. The standard InChI is InChI=1S/C5H10Cl7PSi3/c1-13(2,6)5-15(9,10)3-14(7,8)4-16(5,11)12/h3-4H2,1-2H3. The molecule has 1 heterocycles. The van der Waals surface area contributed by atoms with E-state index in [1.165, 1.54) is 0 Å². The fourth-order valence-corrected chi connectivity index (χ4v) is 61.1. The molecule has 0 spiro atoms. The van der Waals surface area contributed by atoms with Gasteiger partial charge in [-0.15, -0.1) is 66.5 Å². The summed E-state index contributed by atoms with van der Waals surface area (Å²) < 4.78 is 0.838. The minimum absolute atomic E-state index is 0.464. The van der Waals surface area contributed by atoms with Crippen LogP contribution in [0.4, 0.5) is 0 Å². The van der Waals surface area contributed by atoms with Crippen molar-refractivity contribution in [1.82, 2.24) is 0 Å². The fraction of sp³-hybridized carbons (Fsp3) is 0.800. The predicted octanol–water partition coefficient (Wildman–Crippen LogP) is 5.52. The molecule has 0 nitrogen and oxygen atoms in total. The van der Waals surface area contributed by atoms with E-state index in [-0.39, 0.29) is 0 Å². The first-order valence-corrected chi connectivity index (χ1v) is 20.8. The summed E-state index contributed by atoms with van der Waals surface area (Å²) in [5.41, 5.74) is 0.928. The molecule has 0 unspecified atom stereocenters. The minimum Gasteiger partial charge on any atom is -0.146 e. The lowest BCUT2D eigenvalue weighted by molar-refractivity contribution is 1.77. The van der Waals surface area contributed by atoms with Gasteiger partial charge in [0.1, 0.15) is 0 Å². The summed E-state index contributed by atoms with van der Waals surface area (Å²) in [6, 6.07) is 0. The molecule has 0 atom stereocenters. The van der Waals surface area contributed by atoms with Crippen LogP contribution in [-0.2, 0) is 0 Å². The van der Waals surface area contributed by atoms with E-state index in [0.29, 0.717) is 11.3 Å². The molecule has 0 aromatic heterocycles. The van der Waals surface area contributed by atoms with Gasteiger partial charge in [0.15, 0.2) is 0 Å². The maximum absolute atomic E-state index is 6.43. The van der Waals surface area contributed by atoms with Gasteiger partial charge in [-0.3, -0.25) is 0 Å². The van der Waals surface area contributed by atoms with E-state index < -0.39 is 26.3 Å². The number of rotatable bonds is 0. The Morgan fingerprint density at radius 3 is 1.44 bits per heavy atom. The van der Waals surface area contributed by atoms with Gasteiger partial charge in [-0.05, 0) is 35.4 Å². The Hall–Kier alpha value is 2.98. The summed E-state index contributed by atoms with van der Waals surface area (Å²) in [5, 5.41) is 0. The highest BCUT2D eigenvalue weighted by atomic mass is 35.7. The van der Waals surface area contributed by atoms with Crippen molar-refractivity contribution in [3.63, 3.8) is 0 Å². The lowest BCUT2D eigenvalue weighted by Gasteiger charge is -2.41. The monoisotopic (exact) mass is 430 g/mol. The Kier molecular flexibility index (Phi) is 5.40. The molecule has 11 heteroatoms. The van der Waals surface area contributed by atoms with Crippen molar-refractivity contribution in [2.24, 2.45) is 0 Å². The first kappa shape index (κ1) is 17.0. The third-order valence-electron chi connectivity index (χ3n) is 2.19. The zero-order valence-electron chi connectivity index (χ0n) is 8.51. The van der Waals surface area contributed by atoms with Crippen LogP contribution in [0, 0.1) is 0 Å². The van der Waals surface area contributed by atoms with Crippen LogP contribution in [0.2, 0.25) is 11.3 Å². The van der Waals surface area contributed by atoms with Gasteiger partial charge < -0.3 is 0 Å². The Morgan fingerprint density at radius 2 is 1.19 bits per heavy atom. The predicted molar refractivity (Wildman–Crippen MR) is 91.6 cm³/mol. The lowest BCUT2D eigenvalue weighted by Crippen LogP contribution is -2.59. The van der Waals surface area contributed by atoms with Crippen molar-refractivity contribution >= 4 is 109 Å². The van der Waals surface area contributed by atoms with Gasteiger partial charge in [-0.25, -0.2) is 0 Å². The van der Waals surface area contributed by atoms with Gasteiger partial charge in [-0.1, -0.05) is 11.2 Å². The molecule has 0 N–H and O–H groups in total. The van der Waals surface area contributed by atoms with Crippen LogP contribution in [0.5, 0.6) is 0 Å². The molecule has 16 heavy (non-hydrogen) atoms. The molecule has 0 bridgehead atoms. The Labute approximate surface area is 132 Å². The molecule has 0 amide bonds. The van der Waals surface area contributed by atoms with Crippen LogP contribution >= 0.6 is 84.0 Å². The molecule has 1 aliphatic rings. The van der Waals surface area contributed by atoms with E-state index in [9.17, 15) is 0 Å². The highest BCUT2D eigenvalue weighted by Gasteiger charge is 2.61. The molecule has 0 aromatic rings. The van der Waals surface area contributed by atoms with Gasteiger partial charge in [0, 0.05) is 0 Å². The first-order chi connectivity index (χ1) is 6.78. The van der Waals surface area contributed by atoms with Crippen LogP contribution in [0.15, 0.2) is 0 Å². The van der Waals surface area contributed by atoms with E-state index in [0.717, 1.165) is 4.54 Å². The molecule has 1 fully saturated rings. The van der Waals surface area contributed by atoms with Crippen LogP contribution < -0.4 is 0 Å². The summed E-state index contributed by atoms with van der Waals surface area (Å²) in [5.74, 6) is 0. The maximum atomic E-state index is 6.43. The molecule has 1 aliphatic heterocycles. The molecular formula is C5H10Cl7PSi3. The highest BCUT2D eigenvalue weighted by Crippen LogP contribution is 2.58. The van der Waals surface area contributed by atoms with E-state index in [4.69, 9.17) is 77.7 Å². The maximum Gasteiger partial charge on any atom is 0.276 e. The summed E-state index contributed by atoms with van der Waals surface area (Å²) in [4.78, 5) is 0. The van der Waals surface area contributed by atoms with Gasteiger partial charge in [0.2, 0.25) is 0 Å². The smallest absolute Gasteiger partial charge is 0.146 e. The summed E-state index contributed by atoms with van der Waals surface area (Å²) >= 11 is 44.6. The van der Waals surface area contributed by atoms with Crippen LogP contribution in [0.3, 0.4) is 0 Å². The topological polar surface area (TPSA) is 0 Å². The second kappa shape index (κ2) is 5.07. The molecule has 0 radical (unpaired) electrons. The summed E-state index contributed by atoms with van der Waals surface area (Å²) in [7, 11) is 0. The summed E-state index contributed by atoms with van der Waals surface area (Å²) in [6.07, 6.45) is -1.90. The molecule has 0 aliphatic carbocycles. The van der Waals surface area contributed by atoms with Crippen LogP contribution in [0.25, 0.3) is 0 Å². The number of halogens is 7. The quantitative estimate of drug-likeness (QED) is 0.268. The molecule has 1 rings (SSSR count). The van der Waals surface area contributed by atoms with Crippen molar-refractivity contribution in [2.45, 2.75) is 11.3 Å². The third kappa shape index (κ3) is 3.99. The molecule has 0 saturated carbocycles. The van der Waals surface area contributed by atoms with Crippen molar-refractivity contribution < 1.29 is 0 Å². The van der Waals surface area contributed by atoms with E-state index >= 15 is 0 Å². The second-order valence-corrected chi connectivity index (χ2v) is 33.4. The Bertz CT molecular complexity index is 329. The van der Waals surface area contributed by atoms with E-state index in [1.54, 1.807) is 0 Å². The van der Waals surface area contributed by atoms with Gasteiger partial charge in [-0.2, -0.15) is 0 Å². The van der Waals surface area contributed by atoms with Gasteiger partial charge in [0.25, 0.3) is 20.1 Å². The molecule has 0 aromatic carbocycles. The van der Waals surface area contributed by atoms with E-state index in [2.05, 4.69) is 0 Å². The Morgan fingerprint density at radius 1 is 0.875 bits per heavy atom. The summed E-state index contributed by atoms with van der Waals surface area (Å²) in [6.45, 7) is -4.17. The average molecular weight is 434 g/mol. The Balaban J connectivity index is 3.41. The van der Waals surface area contributed by atoms with Crippen molar-refractivity contribution in [1.29, 1.82) is 0 Å². The zero-order valence-corrected chi connectivity index (χ0v) is 17.7. The molecular weight excluding hydrogens is 423 g/mol. The largest absolute Gasteiger partial charge is 0.276 e. The number of hydrogen-bond acceptors (Lipinski definition) is 0. The SMILES string of the molecule is CP(C)(Cl)=C1[Si](Cl)(Cl)C[Si](Cl)(Cl)C[Si]1(Cl)Cl. The first-order valence-electron chi connectivity index (χ1n) is 4.34. The minimum atomic E-state index is -2.75. The number of hydrogen-bond donors (Lipinski definition) is 0. The zero-order chi connectivity index (χ0) is 13.0. The van der Waals surface area contributed by atoms with Crippen LogP contribution in [0.1, 0.15) is 0 Å². The van der Waals surface area contributed by atoms with Crippen LogP contribution in [-0.4, -0.2) is 38.0 Å². The van der Waals surface area contributed by atoms with Crippen molar-refractivity contribution in [2.75, 3.05) is 13.3 Å². The van der Waals surface area contributed by atoms with E-state index in [1.807, 2.05) is 13.3 Å². The van der Waals surface area contributed by atoms with Crippen molar-refractivity contribution in [3.05, 3.63) is 0 Å². The lowest BCUT2D eigenvalue weighted by atomic mass is 11.8. The fourth-order valence-electron chi connectivity index (χ4n) is 1.93. The van der Waals surface area contributed by atoms with Crippen molar-refractivity contribution in [3.8, 4) is 0 Å². The third-order valence-corrected chi connectivity index (χ3v) is 37.3. The molecule has 96 valence electrons. The average Bonchev–Trinajstić information content (AvgIpc) is 1.67. The highest BCUT2D eigenvalue weighted by molar-refractivity contribution is 8.10. The second-order valence-electron chi connectivity index (χ2n) is 4.28. The van der Waals surface area contributed by atoms with Gasteiger partial charge in [0.05, 0.1) is 0 Å².